The highest BCUT2D eigenvalue weighted by Gasteiger charge is 2.31. The summed E-state index contributed by atoms with van der Waals surface area (Å²) in [6.45, 7) is 0.951. The summed E-state index contributed by atoms with van der Waals surface area (Å²) in [6.07, 6.45) is -2.68. The van der Waals surface area contributed by atoms with Crippen molar-refractivity contribution >= 4 is 11.7 Å². The Kier molecular flexibility index (Phi) is 5.76. The number of carbonyl (C=O) groups is 1. The van der Waals surface area contributed by atoms with Crippen molar-refractivity contribution in [2.45, 2.75) is 25.1 Å². The maximum absolute atomic E-state index is 14.0. The summed E-state index contributed by atoms with van der Waals surface area (Å²) in [6, 6.07) is 8.87. The molecule has 4 nitrogen and oxygen atoms in total. The van der Waals surface area contributed by atoms with Gasteiger partial charge in [0.2, 0.25) is 0 Å². The van der Waals surface area contributed by atoms with Crippen LogP contribution in [0.1, 0.15) is 28.8 Å². The number of alkyl halides is 3. The van der Waals surface area contributed by atoms with E-state index in [0.29, 0.717) is 12.2 Å². The smallest absolute Gasteiger partial charge is 0.416 e. The van der Waals surface area contributed by atoms with E-state index in [1.165, 1.54) is 31.4 Å². The van der Waals surface area contributed by atoms with Crippen LogP contribution in [0, 0.1) is 5.82 Å². The first-order valence-corrected chi connectivity index (χ1v) is 8.74. The highest BCUT2D eigenvalue weighted by Crippen LogP contribution is 2.32. The second-order valence-electron chi connectivity index (χ2n) is 6.48. The molecule has 28 heavy (non-hydrogen) atoms. The zero-order valence-corrected chi connectivity index (χ0v) is 15.1. The molecule has 1 aliphatic heterocycles. The van der Waals surface area contributed by atoms with Crippen molar-refractivity contribution < 1.29 is 31.8 Å². The summed E-state index contributed by atoms with van der Waals surface area (Å²) >= 11 is 0. The highest BCUT2D eigenvalue weighted by molar-refractivity contribution is 5.89. The number of anilines is 1. The van der Waals surface area contributed by atoms with Crippen molar-refractivity contribution in [3.8, 4) is 5.75 Å². The zero-order chi connectivity index (χ0) is 20.3. The Morgan fingerprint density at radius 3 is 2.50 bits per heavy atom. The Balaban J connectivity index is 1.66. The molecule has 0 N–H and O–H groups in total. The normalized spacial score (nSPS) is 16.9. The van der Waals surface area contributed by atoms with E-state index in [0.717, 1.165) is 31.0 Å². The number of nitrogens with zero attached hydrogens (tertiary/aromatic N) is 1. The van der Waals surface area contributed by atoms with E-state index in [1.807, 2.05) is 4.90 Å². The number of methoxy groups -OCH3 is 1. The Labute approximate surface area is 159 Å². The molecule has 1 fully saturated rings. The largest absolute Gasteiger partial charge is 0.491 e. The van der Waals surface area contributed by atoms with Gasteiger partial charge in [-0.15, -0.1) is 0 Å². The maximum Gasteiger partial charge on any atom is 0.416 e. The molecule has 0 saturated carbocycles. The van der Waals surface area contributed by atoms with Crippen LogP contribution in [-0.2, 0) is 10.9 Å². The van der Waals surface area contributed by atoms with E-state index in [4.69, 9.17) is 4.74 Å². The van der Waals surface area contributed by atoms with Crippen molar-refractivity contribution in [2.24, 2.45) is 0 Å². The zero-order valence-electron chi connectivity index (χ0n) is 15.1. The highest BCUT2D eigenvalue weighted by atomic mass is 19.4. The molecule has 0 bridgehead atoms. The molecule has 3 rings (SSSR count). The molecule has 0 aliphatic carbocycles. The van der Waals surface area contributed by atoms with Gasteiger partial charge in [0.25, 0.3) is 0 Å². The summed E-state index contributed by atoms with van der Waals surface area (Å²) in [4.78, 5) is 13.4. The summed E-state index contributed by atoms with van der Waals surface area (Å²) < 4.78 is 62.3. The Morgan fingerprint density at radius 1 is 1.18 bits per heavy atom. The Hall–Kier alpha value is -2.77. The van der Waals surface area contributed by atoms with E-state index in [2.05, 4.69) is 4.74 Å². The molecule has 1 aliphatic rings. The second kappa shape index (κ2) is 8.08. The van der Waals surface area contributed by atoms with Gasteiger partial charge in [-0.2, -0.15) is 13.2 Å². The second-order valence-corrected chi connectivity index (χ2v) is 6.48. The van der Waals surface area contributed by atoms with Gasteiger partial charge in [0, 0.05) is 18.3 Å². The summed E-state index contributed by atoms with van der Waals surface area (Å²) in [5, 5.41) is 0. The molecule has 0 unspecified atom stereocenters. The molecule has 1 atom stereocenters. The Morgan fingerprint density at radius 2 is 1.89 bits per heavy atom. The molecule has 150 valence electrons. The minimum absolute atomic E-state index is 0.0416. The van der Waals surface area contributed by atoms with Crippen LogP contribution in [-0.4, -0.2) is 32.3 Å². The lowest BCUT2D eigenvalue weighted by molar-refractivity contribution is -0.137. The van der Waals surface area contributed by atoms with Crippen LogP contribution in [0.3, 0.4) is 0 Å². The number of carbonyl (C=O) groups excluding carboxylic acids is 1. The van der Waals surface area contributed by atoms with Crippen LogP contribution < -0.4 is 9.64 Å². The Bertz CT molecular complexity index is 836. The standard InChI is InChI=1S/C20H19F4NO3/c1-27-19(26)17-9-8-16(11-18(17)21)28-12-15-3-2-10-25(15)14-6-4-13(5-7-14)20(22,23)24/h4-9,11,15H,2-3,10,12H2,1H3/t15-/m1/s1. The number of esters is 1. The predicted octanol–water partition coefficient (Wildman–Crippen LogP) is 4.68. The molecule has 0 spiro atoms. The van der Waals surface area contributed by atoms with Crippen molar-refractivity contribution in [2.75, 3.05) is 25.2 Å². The van der Waals surface area contributed by atoms with E-state index in [-0.39, 0.29) is 24.0 Å². The molecule has 0 aromatic heterocycles. The SMILES string of the molecule is COC(=O)c1ccc(OC[C@H]2CCCN2c2ccc(C(F)(F)F)cc2)cc1F. The first-order valence-electron chi connectivity index (χ1n) is 8.74. The van der Waals surface area contributed by atoms with Gasteiger partial charge >= 0.3 is 12.1 Å². The van der Waals surface area contributed by atoms with E-state index in [1.54, 1.807) is 0 Å². The van der Waals surface area contributed by atoms with Crippen molar-refractivity contribution in [3.05, 3.63) is 59.4 Å². The molecule has 1 heterocycles. The maximum atomic E-state index is 14.0. The lowest BCUT2D eigenvalue weighted by Gasteiger charge is -2.27. The summed E-state index contributed by atoms with van der Waals surface area (Å²) in [5.74, 6) is -1.24. The van der Waals surface area contributed by atoms with Gasteiger partial charge in [0.15, 0.2) is 0 Å². The molecule has 0 amide bonds. The minimum atomic E-state index is -4.37. The van der Waals surface area contributed by atoms with Gasteiger partial charge in [0.1, 0.15) is 18.2 Å². The number of benzene rings is 2. The van der Waals surface area contributed by atoms with Crippen LogP contribution in [0.25, 0.3) is 0 Å². The van der Waals surface area contributed by atoms with Gasteiger partial charge in [-0.1, -0.05) is 0 Å². The van der Waals surface area contributed by atoms with Crippen LogP contribution in [0.15, 0.2) is 42.5 Å². The fourth-order valence-electron chi connectivity index (χ4n) is 3.24. The van der Waals surface area contributed by atoms with Crippen LogP contribution in [0.5, 0.6) is 5.75 Å². The van der Waals surface area contributed by atoms with E-state index in [9.17, 15) is 22.4 Å². The first kappa shape index (κ1) is 20.0. The first-order chi connectivity index (χ1) is 13.3. The lowest BCUT2D eigenvalue weighted by atomic mass is 10.1. The third-order valence-electron chi connectivity index (χ3n) is 4.69. The molecular weight excluding hydrogens is 378 g/mol. The van der Waals surface area contributed by atoms with Gasteiger partial charge in [-0.25, -0.2) is 9.18 Å². The predicted molar refractivity (Wildman–Crippen MR) is 95.0 cm³/mol. The number of rotatable bonds is 5. The van der Waals surface area contributed by atoms with Crippen molar-refractivity contribution in [1.29, 1.82) is 0 Å². The van der Waals surface area contributed by atoms with Crippen molar-refractivity contribution in [3.63, 3.8) is 0 Å². The fraction of sp³-hybridized carbons (Fsp3) is 0.350. The van der Waals surface area contributed by atoms with Gasteiger partial charge in [-0.05, 0) is 49.2 Å². The fourth-order valence-corrected chi connectivity index (χ4v) is 3.24. The molecule has 8 heteroatoms. The third-order valence-corrected chi connectivity index (χ3v) is 4.69. The lowest BCUT2D eigenvalue weighted by Crippen LogP contribution is -2.34. The van der Waals surface area contributed by atoms with Crippen LogP contribution in [0.2, 0.25) is 0 Å². The van der Waals surface area contributed by atoms with E-state index >= 15 is 0 Å². The quantitative estimate of drug-likeness (QED) is 0.543. The molecule has 2 aromatic carbocycles. The minimum Gasteiger partial charge on any atom is -0.491 e. The van der Waals surface area contributed by atoms with Crippen LogP contribution in [0.4, 0.5) is 23.2 Å². The summed E-state index contributed by atoms with van der Waals surface area (Å²) in [5.41, 5.74) is -0.183. The number of ether oxygens (including phenoxy) is 2. The number of halogens is 4. The monoisotopic (exact) mass is 397 g/mol. The number of hydrogen-bond acceptors (Lipinski definition) is 4. The average molecular weight is 397 g/mol. The summed E-state index contributed by atoms with van der Waals surface area (Å²) in [7, 11) is 1.17. The topological polar surface area (TPSA) is 38.8 Å². The molecule has 1 saturated heterocycles. The average Bonchev–Trinajstić information content (AvgIpc) is 3.14. The van der Waals surface area contributed by atoms with Gasteiger partial charge in [-0.3, -0.25) is 0 Å². The third kappa shape index (κ3) is 4.37. The number of hydrogen-bond donors (Lipinski definition) is 0. The molecule has 0 radical (unpaired) electrons. The van der Waals surface area contributed by atoms with Crippen molar-refractivity contribution in [1.82, 2.24) is 0 Å². The molecule has 2 aromatic rings. The van der Waals surface area contributed by atoms with E-state index < -0.39 is 23.5 Å². The van der Waals surface area contributed by atoms with Crippen LogP contribution >= 0.6 is 0 Å². The van der Waals surface area contributed by atoms with Gasteiger partial charge in [0.05, 0.1) is 24.3 Å². The van der Waals surface area contributed by atoms with Gasteiger partial charge < -0.3 is 14.4 Å². The molecular formula is C20H19F4NO3.